The van der Waals surface area contributed by atoms with E-state index in [0.29, 0.717) is 0 Å². The first-order chi connectivity index (χ1) is 10.6. The van der Waals surface area contributed by atoms with Gasteiger partial charge in [0.25, 0.3) is 0 Å². The van der Waals surface area contributed by atoms with Gasteiger partial charge >= 0.3 is 0 Å². The smallest absolute Gasteiger partial charge is 0.0164 e. The van der Waals surface area contributed by atoms with E-state index in [0.717, 1.165) is 0 Å². The summed E-state index contributed by atoms with van der Waals surface area (Å²) >= 11 is 0. The van der Waals surface area contributed by atoms with E-state index in [1.807, 2.05) is 0 Å². The fraction of sp³-hybridized carbons (Fsp3) is 0.190. The summed E-state index contributed by atoms with van der Waals surface area (Å²) in [7, 11) is -0.472. The lowest BCUT2D eigenvalue weighted by Gasteiger charge is -2.28. The molecule has 0 N–H and O–H groups in total. The average Bonchev–Trinajstić information content (AvgIpc) is 2.99. The Bertz CT molecular complexity index is 543. The van der Waals surface area contributed by atoms with Crippen LogP contribution in [0.2, 0.25) is 0 Å². The second-order valence-corrected chi connectivity index (χ2v) is 8.83. The van der Waals surface area contributed by atoms with Gasteiger partial charge in [0.15, 0.2) is 0 Å². The van der Waals surface area contributed by atoms with Crippen molar-refractivity contribution in [1.82, 2.24) is 0 Å². The molecule has 1 aliphatic rings. The van der Waals surface area contributed by atoms with Crippen LogP contribution in [0.1, 0.15) is 20.8 Å². The van der Waals surface area contributed by atoms with Gasteiger partial charge in [0.2, 0.25) is 0 Å². The van der Waals surface area contributed by atoms with Crippen molar-refractivity contribution in [1.29, 1.82) is 0 Å². The van der Waals surface area contributed by atoms with Crippen LogP contribution in [-0.2, 0) is 0 Å². The lowest BCUT2D eigenvalue weighted by Crippen LogP contribution is -2.18. The van der Waals surface area contributed by atoms with Gasteiger partial charge in [0.05, 0.1) is 0 Å². The third-order valence-electron chi connectivity index (χ3n) is 3.89. The molecule has 0 spiro atoms. The second kappa shape index (κ2) is 6.55. The quantitative estimate of drug-likeness (QED) is 0.708. The number of hydrogen-bond donors (Lipinski definition) is 0. The minimum atomic E-state index is -0.472. The average molecular weight is 305 g/mol. The molecule has 1 fully saturated rings. The topological polar surface area (TPSA) is 0 Å². The number of benzene rings is 2. The minimum absolute atomic E-state index is 0.201. The Hall–Kier alpha value is -1.13. The summed E-state index contributed by atoms with van der Waals surface area (Å²) in [4.78, 5) is 0. The highest BCUT2D eigenvalue weighted by atomic mass is 31.1. The molecule has 0 heterocycles. The standard InChI is InChI=1S/C21H22P/c1-21(2,3)17-14-15-20(16-17)22(18-10-6-4-7-11-18)19-12-8-5-9-13-19/h4-16H,1-3H3. The van der Waals surface area contributed by atoms with Gasteiger partial charge in [-0.1, -0.05) is 81.4 Å². The van der Waals surface area contributed by atoms with E-state index in [1.165, 1.54) is 22.2 Å². The van der Waals surface area contributed by atoms with Crippen LogP contribution < -0.4 is 10.6 Å². The highest BCUT2D eigenvalue weighted by Gasteiger charge is 2.38. The first kappa shape index (κ1) is 15.8. The molecule has 111 valence electrons. The van der Waals surface area contributed by atoms with Crippen molar-refractivity contribution < 1.29 is 0 Å². The van der Waals surface area contributed by atoms with E-state index < -0.39 is 7.92 Å². The predicted octanol–water partition coefficient (Wildman–Crippen LogP) is 4.90. The number of hydrogen-bond acceptors (Lipinski definition) is 0. The Morgan fingerprint density at radius 3 is 1.59 bits per heavy atom. The van der Waals surface area contributed by atoms with E-state index >= 15 is 0 Å². The van der Waals surface area contributed by atoms with Crippen LogP contribution in [0, 0.1) is 36.3 Å². The summed E-state index contributed by atoms with van der Waals surface area (Å²) in [5.41, 5.74) is 1.64. The van der Waals surface area contributed by atoms with Crippen LogP contribution in [0.5, 0.6) is 0 Å². The van der Waals surface area contributed by atoms with Gasteiger partial charge in [-0.25, -0.2) is 0 Å². The van der Waals surface area contributed by atoms with Crippen LogP contribution >= 0.6 is 7.92 Å². The van der Waals surface area contributed by atoms with E-state index in [2.05, 4.69) is 101 Å². The molecule has 5 radical (unpaired) electrons. The Kier molecular flexibility index (Phi) is 4.69. The first-order valence-corrected chi connectivity index (χ1v) is 9.07. The van der Waals surface area contributed by atoms with Gasteiger partial charge in [-0.05, 0) is 49.1 Å². The molecule has 0 unspecified atom stereocenters. The zero-order chi connectivity index (χ0) is 15.6. The molecule has 2 aromatic carbocycles. The lowest BCUT2D eigenvalue weighted by molar-refractivity contribution is 0.462. The summed E-state index contributed by atoms with van der Waals surface area (Å²) < 4.78 is 0. The summed E-state index contributed by atoms with van der Waals surface area (Å²) in [6.07, 6.45) is 6.99. The summed E-state index contributed by atoms with van der Waals surface area (Å²) in [6.45, 7) is 6.83. The molecule has 1 aliphatic carbocycles. The maximum Gasteiger partial charge on any atom is 0.0164 e. The summed E-state index contributed by atoms with van der Waals surface area (Å²) in [5.74, 6) is 1.42. The first-order valence-electron chi connectivity index (χ1n) is 7.73. The van der Waals surface area contributed by atoms with Crippen LogP contribution in [0.25, 0.3) is 0 Å². The van der Waals surface area contributed by atoms with Crippen molar-refractivity contribution in [3.8, 4) is 0 Å². The van der Waals surface area contributed by atoms with Crippen molar-refractivity contribution in [2.45, 2.75) is 20.8 Å². The fourth-order valence-corrected chi connectivity index (χ4v) is 4.96. The SMILES string of the molecule is CC(C)(C)[C]1[CH][CH][C](P(c2ccccc2)c2ccccc2)[CH]1. The molecule has 0 bridgehead atoms. The molecule has 0 atom stereocenters. The molecule has 0 aliphatic heterocycles. The molecule has 0 amide bonds. The van der Waals surface area contributed by atoms with Gasteiger partial charge in [0.1, 0.15) is 0 Å². The van der Waals surface area contributed by atoms with E-state index in [-0.39, 0.29) is 5.41 Å². The second-order valence-electron chi connectivity index (χ2n) is 6.61. The number of rotatable bonds is 3. The Morgan fingerprint density at radius 1 is 0.682 bits per heavy atom. The molecule has 2 aromatic rings. The Morgan fingerprint density at radius 2 is 1.18 bits per heavy atom. The van der Waals surface area contributed by atoms with Crippen LogP contribution in [0.3, 0.4) is 0 Å². The zero-order valence-corrected chi connectivity index (χ0v) is 14.3. The monoisotopic (exact) mass is 305 g/mol. The van der Waals surface area contributed by atoms with Crippen molar-refractivity contribution in [3.05, 3.63) is 91.5 Å². The maximum absolute atomic E-state index is 2.39. The van der Waals surface area contributed by atoms with Gasteiger partial charge in [-0.3, -0.25) is 0 Å². The molecule has 0 saturated heterocycles. The third-order valence-corrected chi connectivity index (χ3v) is 6.31. The van der Waals surface area contributed by atoms with Crippen molar-refractivity contribution in [2.24, 2.45) is 5.41 Å². The van der Waals surface area contributed by atoms with Crippen LogP contribution in [-0.4, -0.2) is 0 Å². The summed E-state index contributed by atoms with van der Waals surface area (Å²) in [5, 5.41) is 2.82. The normalized spacial score (nSPS) is 17.3. The largest absolute Gasteiger partial charge is 0.0622 e. The van der Waals surface area contributed by atoms with Gasteiger partial charge in [-0.2, -0.15) is 0 Å². The zero-order valence-electron chi connectivity index (χ0n) is 13.5. The molecule has 0 aromatic heterocycles. The molecular formula is C21H22P. The Labute approximate surface area is 136 Å². The maximum atomic E-state index is 2.39. The highest BCUT2D eigenvalue weighted by Crippen LogP contribution is 2.56. The molecule has 3 rings (SSSR count). The minimum Gasteiger partial charge on any atom is -0.0622 e. The van der Waals surface area contributed by atoms with E-state index in [4.69, 9.17) is 0 Å². The van der Waals surface area contributed by atoms with Crippen molar-refractivity contribution in [3.63, 3.8) is 0 Å². The predicted molar refractivity (Wildman–Crippen MR) is 97.9 cm³/mol. The van der Waals surface area contributed by atoms with Crippen molar-refractivity contribution in [2.75, 3.05) is 0 Å². The van der Waals surface area contributed by atoms with E-state index in [9.17, 15) is 0 Å². The van der Waals surface area contributed by atoms with Gasteiger partial charge in [0, 0.05) is 5.66 Å². The van der Waals surface area contributed by atoms with Crippen LogP contribution in [0.4, 0.5) is 0 Å². The lowest BCUT2D eigenvalue weighted by atomic mass is 9.80. The highest BCUT2D eigenvalue weighted by molar-refractivity contribution is 7.76. The Balaban J connectivity index is 1.91. The van der Waals surface area contributed by atoms with E-state index in [1.54, 1.807) is 0 Å². The molecule has 0 nitrogen and oxygen atoms in total. The van der Waals surface area contributed by atoms with Gasteiger partial charge < -0.3 is 0 Å². The third kappa shape index (κ3) is 3.44. The fourth-order valence-electron chi connectivity index (χ4n) is 2.64. The van der Waals surface area contributed by atoms with Gasteiger partial charge in [-0.15, -0.1) is 0 Å². The molecule has 1 saturated carbocycles. The van der Waals surface area contributed by atoms with Crippen LogP contribution in [0.15, 0.2) is 60.7 Å². The summed E-state index contributed by atoms with van der Waals surface area (Å²) in [6, 6.07) is 21.8. The molecule has 1 heteroatoms. The van der Waals surface area contributed by atoms with Crippen molar-refractivity contribution >= 4 is 18.5 Å². The molecule has 22 heavy (non-hydrogen) atoms. The molecular weight excluding hydrogens is 283 g/mol.